The molecule has 29 heavy (non-hydrogen) atoms. The Labute approximate surface area is 173 Å². The molecule has 0 aliphatic carbocycles. The first-order valence-electron chi connectivity index (χ1n) is 9.76. The van der Waals surface area contributed by atoms with Gasteiger partial charge in [-0.05, 0) is 43.4 Å². The van der Waals surface area contributed by atoms with Crippen molar-refractivity contribution >= 4 is 28.4 Å². The second-order valence-electron chi connectivity index (χ2n) is 7.21. The molecule has 0 atom stereocenters. The third kappa shape index (κ3) is 3.27. The first-order valence-corrected chi connectivity index (χ1v) is 11.0. The van der Waals surface area contributed by atoms with Gasteiger partial charge in [-0.1, -0.05) is 18.2 Å². The van der Waals surface area contributed by atoms with Crippen LogP contribution in [0.15, 0.2) is 66.0 Å². The smallest absolute Gasteiger partial charge is 0.234 e. The minimum Gasteiger partial charge on any atom is -0.372 e. The number of fused-ring (bicyclic) bond motifs is 1. The number of halogens is 1. The van der Waals surface area contributed by atoms with Crippen LogP contribution in [-0.2, 0) is 0 Å². The molecular formula is C23H21FN4S. The molecule has 1 aliphatic rings. The van der Waals surface area contributed by atoms with E-state index in [4.69, 9.17) is 0 Å². The maximum atomic E-state index is 14.5. The van der Waals surface area contributed by atoms with Crippen molar-refractivity contribution in [2.24, 2.45) is 0 Å². The molecule has 2 aromatic heterocycles. The van der Waals surface area contributed by atoms with Gasteiger partial charge in [0.25, 0.3) is 0 Å². The zero-order valence-corrected chi connectivity index (χ0v) is 17.0. The van der Waals surface area contributed by atoms with Gasteiger partial charge in [-0.15, -0.1) is 11.8 Å². The van der Waals surface area contributed by atoms with Gasteiger partial charge < -0.3 is 4.90 Å². The molecule has 2 aromatic carbocycles. The van der Waals surface area contributed by atoms with Crippen LogP contribution in [0, 0.1) is 5.82 Å². The molecule has 0 N–H and O–H groups in total. The van der Waals surface area contributed by atoms with Gasteiger partial charge in [0, 0.05) is 58.8 Å². The highest BCUT2D eigenvalue weighted by Crippen LogP contribution is 2.31. The van der Waals surface area contributed by atoms with Crippen LogP contribution in [0.2, 0.25) is 0 Å². The Morgan fingerprint density at radius 3 is 2.52 bits per heavy atom. The summed E-state index contributed by atoms with van der Waals surface area (Å²) in [6.07, 6.45) is 9.91. The number of nitrogens with zero attached hydrogens (tertiary/aromatic N) is 4. The molecule has 0 saturated carbocycles. The summed E-state index contributed by atoms with van der Waals surface area (Å²) in [6, 6.07) is 13.5. The first-order chi connectivity index (χ1) is 14.2. The van der Waals surface area contributed by atoms with Crippen molar-refractivity contribution < 1.29 is 4.39 Å². The molecule has 0 unspecified atom stereocenters. The van der Waals surface area contributed by atoms with Crippen molar-refractivity contribution in [2.45, 2.75) is 17.7 Å². The van der Waals surface area contributed by atoms with Crippen molar-refractivity contribution in [3.63, 3.8) is 0 Å². The van der Waals surface area contributed by atoms with Crippen LogP contribution in [0.3, 0.4) is 0 Å². The highest BCUT2D eigenvalue weighted by molar-refractivity contribution is 7.98. The lowest BCUT2D eigenvalue weighted by Gasteiger charge is -2.18. The van der Waals surface area contributed by atoms with E-state index in [-0.39, 0.29) is 5.82 Å². The topological polar surface area (TPSA) is 34.0 Å². The highest BCUT2D eigenvalue weighted by Gasteiger charge is 2.16. The number of hydrogen-bond donors (Lipinski definition) is 0. The molecule has 4 nitrogen and oxygen atoms in total. The summed E-state index contributed by atoms with van der Waals surface area (Å²) < 4.78 is 16.5. The molecule has 3 heterocycles. The van der Waals surface area contributed by atoms with E-state index in [9.17, 15) is 4.39 Å². The van der Waals surface area contributed by atoms with Crippen molar-refractivity contribution in [3.8, 4) is 17.1 Å². The van der Waals surface area contributed by atoms with E-state index >= 15 is 0 Å². The number of aromatic nitrogens is 3. The molecule has 0 bridgehead atoms. The largest absolute Gasteiger partial charge is 0.372 e. The van der Waals surface area contributed by atoms with Gasteiger partial charge in [-0.3, -0.25) is 4.57 Å². The quantitative estimate of drug-likeness (QED) is 0.418. The SMILES string of the molecule is CSc1cn(-c2ncc(-c3cc(N4CCCC4)ccc3F)cn2)c2ccccc12. The van der Waals surface area contributed by atoms with Crippen LogP contribution < -0.4 is 4.90 Å². The van der Waals surface area contributed by atoms with Crippen molar-refractivity contribution in [2.75, 3.05) is 24.2 Å². The molecule has 0 spiro atoms. The Hall–Kier alpha value is -2.86. The van der Waals surface area contributed by atoms with E-state index in [1.807, 2.05) is 28.8 Å². The van der Waals surface area contributed by atoms with Crippen LogP contribution in [0.1, 0.15) is 12.8 Å². The Morgan fingerprint density at radius 1 is 1.00 bits per heavy atom. The molecule has 0 amide bonds. The molecule has 146 valence electrons. The first kappa shape index (κ1) is 18.2. The summed E-state index contributed by atoms with van der Waals surface area (Å²) in [5, 5.41) is 1.18. The summed E-state index contributed by atoms with van der Waals surface area (Å²) in [7, 11) is 0. The lowest BCUT2D eigenvalue weighted by molar-refractivity contribution is 0.631. The van der Waals surface area contributed by atoms with E-state index in [1.165, 1.54) is 23.1 Å². The molecule has 5 rings (SSSR count). The molecule has 1 fully saturated rings. The second-order valence-corrected chi connectivity index (χ2v) is 8.06. The molecule has 1 aliphatic heterocycles. The fourth-order valence-electron chi connectivity index (χ4n) is 3.97. The summed E-state index contributed by atoms with van der Waals surface area (Å²) >= 11 is 1.70. The third-order valence-corrected chi connectivity index (χ3v) is 6.25. The molecular weight excluding hydrogens is 383 g/mol. The molecule has 1 saturated heterocycles. The Morgan fingerprint density at radius 2 is 1.76 bits per heavy atom. The van der Waals surface area contributed by atoms with Crippen LogP contribution in [-0.4, -0.2) is 33.9 Å². The van der Waals surface area contributed by atoms with Gasteiger partial charge in [-0.2, -0.15) is 0 Å². The standard InChI is InChI=1S/C23H21FN4S/c1-29-22-15-28(21-7-3-2-6-18(21)22)23-25-13-16(14-26-23)19-12-17(8-9-20(19)24)27-10-4-5-11-27/h2-3,6-9,12-15H,4-5,10-11H2,1H3. The number of benzene rings is 2. The van der Waals surface area contributed by atoms with Gasteiger partial charge in [0.15, 0.2) is 0 Å². The maximum Gasteiger partial charge on any atom is 0.234 e. The summed E-state index contributed by atoms with van der Waals surface area (Å²) in [5.74, 6) is 0.335. The van der Waals surface area contributed by atoms with Crippen molar-refractivity contribution in [1.29, 1.82) is 0 Å². The van der Waals surface area contributed by atoms with Crippen LogP contribution >= 0.6 is 11.8 Å². The summed E-state index contributed by atoms with van der Waals surface area (Å²) in [5.41, 5.74) is 3.35. The maximum absolute atomic E-state index is 14.5. The predicted octanol–water partition coefficient (Wildman–Crippen LogP) is 5.55. The fraction of sp³-hybridized carbons (Fsp3) is 0.217. The zero-order valence-electron chi connectivity index (χ0n) is 16.2. The lowest BCUT2D eigenvalue weighted by atomic mass is 10.1. The van der Waals surface area contributed by atoms with Gasteiger partial charge in [0.2, 0.25) is 5.95 Å². The van der Waals surface area contributed by atoms with E-state index in [0.29, 0.717) is 17.1 Å². The fourth-order valence-corrected chi connectivity index (χ4v) is 4.57. The Kier molecular flexibility index (Phi) is 4.72. The lowest BCUT2D eigenvalue weighted by Crippen LogP contribution is -2.17. The van der Waals surface area contributed by atoms with Crippen LogP contribution in [0.4, 0.5) is 10.1 Å². The third-order valence-electron chi connectivity index (χ3n) is 5.48. The van der Waals surface area contributed by atoms with Crippen molar-refractivity contribution in [3.05, 3.63) is 66.9 Å². The Balaban J connectivity index is 1.52. The number of anilines is 1. The summed E-state index contributed by atoms with van der Waals surface area (Å²) in [6.45, 7) is 2.05. The highest BCUT2D eigenvalue weighted by atomic mass is 32.2. The average molecular weight is 405 g/mol. The average Bonchev–Trinajstić information content (AvgIpc) is 3.43. The van der Waals surface area contributed by atoms with Crippen LogP contribution in [0.5, 0.6) is 0 Å². The van der Waals surface area contributed by atoms with E-state index in [2.05, 4.69) is 39.5 Å². The van der Waals surface area contributed by atoms with Gasteiger partial charge in [0.1, 0.15) is 5.82 Å². The van der Waals surface area contributed by atoms with Gasteiger partial charge >= 0.3 is 0 Å². The molecule has 4 aromatic rings. The van der Waals surface area contributed by atoms with Gasteiger partial charge in [0.05, 0.1) is 5.52 Å². The van der Waals surface area contributed by atoms with E-state index in [1.54, 1.807) is 30.2 Å². The van der Waals surface area contributed by atoms with Crippen LogP contribution in [0.25, 0.3) is 28.0 Å². The number of para-hydroxylation sites is 1. The molecule has 0 radical (unpaired) electrons. The predicted molar refractivity (Wildman–Crippen MR) is 117 cm³/mol. The monoisotopic (exact) mass is 404 g/mol. The van der Waals surface area contributed by atoms with Crippen molar-refractivity contribution in [1.82, 2.24) is 14.5 Å². The van der Waals surface area contributed by atoms with E-state index in [0.717, 1.165) is 24.3 Å². The Bertz CT molecular complexity index is 1160. The van der Waals surface area contributed by atoms with E-state index < -0.39 is 0 Å². The molecule has 6 heteroatoms. The number of hydrogen-bond acceptors (Lipinski definition) is 4. The number of thioether (sulfide) groups is 1. The van der Waals surface area contributed by atoms with Gasteiger partial charge in [-0.25, -0.2) is 14.4 Å². The zero-order chi connectivity index (χ0) is 19.8. The summed E-state index contributed by atoms with van der Waals surface area (Å²) in [4.78, 5) is 12.6. The minimum atomic E-state index is -0.250. The normalized spacial score (nSPS) is 14.1. The minimum absolute atomic E-state index is 0.250. The second kappa shape index (κ2) is 7.52. The number of rotatable bonds is 4.